The number of para-hydroxylation sites is 1. The molecule has 0 saturated carbocycles. The van der Waals surface area contributed by atoms with Crippen molar-refractivity contribution in [1.29, 1.82) is 0 Å². The molecule has 2 N–H and O–H groups in total. The summed E-state index contributed by atoms with van der Waals surface area (Å²) < 4.78 is 0. The lowest BCUT2D eigenvalue weighted by Gasteiger charge is -2.33. The SMILES string of the molecule is Cc1cccc(C)c1C1CCN(Cc2c(C(=O)N3CCCN(CCO)CC3)[nH]c3ccccc23)CC1. The number of rotatable bonds is 6. The van der Waals surface area contributed by atoms with Crippen molar-refractivity contribution in [3.63, 3.8) is 0 Å². The van der Waals surface area contributed by atoms with E-state index in [2.05, 4.69) is 65.0 Å². The molecule has 0 unspecified atom stereocenters. The first kappa shape index (κ1) is 25.0. The second-order valence-electron chi connectivity index (χ2n) is 10.6. The third kappa shape index (κ3) is 5.22. The predicted octanol–water partition coefficient (Wildman–Crippen LogP) is 4.30. The Bertz CT molecular complexity index is 1170. The first-order valence-corrected chi connectivity index (χ1v) is 13.6. The van der Waals surface area contributed by atoms with Crippen LogP contribution in [0.15, 0.2) is 42.5 Å². The van der Waals surface area contributed by atoms with Gasteiger partial charge in [0.25, 0.3) is 5.91 Å². The third-order valence-electron chi connectivity index (χ3n) is 8.24. The Morgan fingerprint density at radius 2 is 1.67 bits per heavy atom. The topological polar surface area (TPSA) is 62.8 Å². The molecule has 0 spiro atoms. The van der Waals surface area contributed by atoms with Crippen LogP contribution in [0.1, 0.15) is 57.9 Å². The Morgan fingerprint density at radius 3 is 2.42 bits per heavy atom. The molecule has 3 aromatic rings. The number of benzene rings is 2. The zero-order valence-corrected chi connectivity index (χ0v) is 21.8. The molecule has 2 aromatic carbocycles. The van der Waals surface area contributed by atoms with Crippen LogP contribution in [-0.4, -0.2) is 83.1 Å². The molecule has 2 aliphatic heterocycles. The summed E-state index contributed by atoms with van der Waals surface area (Å²) in [6, 6.07) is 15.0. The van der Waals surface area contributed by atoms with Crippen molar-refractivity contribution in [2.75, 3.05) is 52.4 Å². The number of aryl methyl sites for hydroxylation is 2. The summed E-state index contributed by atoms with van der Waals surface area (Å²) in [4.78, 5) is 24.0. The number of carbonyl (C=O) groups excluding carboxylic acids is 1. The maximum absolute atomic E-state index is 13.8. The van der Waals surface area contributed by atoms with Crippen LogP contribution in [-0.2, 0) is 6.54 Å². The fraction of sp³-hybridized carbons (Fsp3) is 0.500. The monoisotopic (exact) mass is 488 g/mol. The average molecular weight is 489 g/mol. The minimum atomic E-state index is 0.109. The number of aliphatic hydroxyl groups excluding tert-OH is 1. The average Bonchev–Trinajstić information content (AvgIpc) is 3.07. The zero-order chi connectivity index (χ0) is 25.1. The van der Waals surface area contributed by atoms with Crippen molar-refractivity contribution in [3.8, 4) is 0 Å². The van der Waals surface area contributed by atoms with Gasteiger partial charge in [-0.3, -0.25) is 14.6 Å². The molecule has 2 aliphatic rings. The van der Waals surface area contributed by atoms with Gasteiger partial charge in [0, 0.05) is 49.2 Å². The molecular weight excluding hydrogens is 448 g/mol. The van der Waals surface area contributed by atoms with E-state index in [0.717, 1.165) is 80.7 Å². The van der Waals surface area contributed by atoms with E-state index in [-0.39, 0.29) is 12.5 Å². The first-order valence-electron chi connectivity index (χ1n) is 13.6. The Kier molecular flexibility index (Phi) is 7.75. The lowest BCUT2D eigenvalue weighted by Crippen LogP contribution is -2.37. The molecule has 6 nitrogen and oxygen atoms in total. The van der Waals surface area contributed by atoms with Gasteiger partial charge in [0.05, 0.1) is 6.61 Å². The van der Waals surface area contributed by atoms with Gasteiger partial charge < -0.3 is 15.0 Å². The highest BCUT2D eigenvalue weighted by Crippen LogP contribution is 2.34. The molecular formula is C30H40N4O2. The summed E-state index contributed by atoms with van der Waals surface area (Å²) in [5.41, 5.74) is 7.29. The molecule has 0 aliphatic carbocycles. The molecule has 2 saturated heterocycles. The van der Waals surface area contributed by atoms with Crippen LogP contribution in [0.5, 0.6) is 0 Å². The van der Waals surface area contributed by atoms with Gasteiger partial charge in [-0.25, -0.2) is 0 Å². The fourth-order valence-electron chi connectivity index (χ4n) is 6.32. The minimum Gasteiger partial charge on any atom is -0.395 e. The second-order valence-corrected chi connectivity index (χ2v) is 10.6. The number of H-pyrrole nitrogens is 1. The number of amides is 1. The Hall–Kier alpha value is -2.67. The molecule has 5 rings (SSSR count). The minimum absolute atomic E-state index is 0.109. The van der Waals surface area contributed by atoms with Gasteiger partial charge in [0.2, 0.25) is 0 Å². The summed E-state index contributed by atoms with van der Waals surface area (Å²) in [6.45, 7) is 11.4. The van der Waals surface area contributed by atoms with Crippen molar-refractivity contribution >= 4 is 16.8 Å². The number of fused-ring (bicyclic) bond motifs is 1. The van der Waals surface area contributed by atoms with E-state index in [0.29, 0.717) is 19.0 Å². The van der Waals surface area contributed by atoms with E-state index < -0.39 is 0 Å². The number of aliphatic hydroxyl groups is 1. The summed E-state index contributed by atoms with van der Waals surface area (Å²) in [5, 5.41) is 10.5. The highest BCUT2D eigenvalue weighted by molar-refractivity contribution is 6.01. The lowest BCUT2D eigenvalue weighted by molar-refractivity contribution is 0.0752. The number of β-amino-alcohol motifs (C(OH)–C–C–N with tert-alkyl or cyclic N) is 1. The molecule has 0 atom stereocenters. The standard InChI is InChI=1S/C30H40N4O2/c1-22-7-5-8-23(2)28(22)24-11-15-33(16-12-24)21-26-25-9-3-4-10-27(25)31-29(26)30(36)34-14-6-13-32(17-18-34)19-20-35/h3-5,7-10,24,31,35H,6,11-21H2,1-2H3. The molecule has 192 valence electrons. The maximum atomic E-state index is 13.8. The number of aromatic nitrogens is 1. The Morgan fingerprint density at radius 1 is 0.917 bits per heavy atom. The quantitative estimate of drug-likeness (QED) is 0.543. The van der Waals surface area contributed by atoms with Crippen LogP contribution < -0.4 is 0 Å². The van der Waals surface area contributed by atoms with Crippen molar-refractivity contribution in [2.45, 2.75) is 45.6 Å². The van der Waals surface area contributed by atoms with E-state index in [9.17, 15) is 9.90 Å². The van der Waals surface area contributed by atoms with Crippen molar-refractivity contribution in [2.24, 2.45) is 0 Å². The van der Waals surface area contributed by atoms with Gasteiger partial charge in [-0.1, -0.05) is 36.4 Å². The first-order chi connectivity index (χ1) is 17.5. The van der Waals surface area contributed by atoms with Crippen molar-refractivity contribution < 1.29 is 9.90 Å². The van der Waals surface area contributed by atoms with Crippen LogP contribution in [0.4, 0.5) is 0 Å². The van der Waals surface area contributed by atoms with E-state index >= 15 is 0 Å². The molecule has 1 amide bonds. The van der Waals surface area contributed by atoms with Gasteiger partial charge in [-0.15, -0.1) is 0 Å². The number of hydrogen-bond donors (Lipinski definition) is 2. The zero-order valence-electron chi connectivity index (χ0n) is 21.8. The third-order valence-corrected chi connectivity index (χ3v) is 8.24. The summed E-state index contributed by atoms with van der Waals surface area (Å²) in [7, 11) is 0. The molecule has 2 fully saturated rings. The maximum Gasteiger partial charge on any atom is 0.270 e. The Balaban J connectivity index is 1.33. The predicted molar refractivity (Wildman–Crippen MR) is 146 cm³/mol. The lowest BCUT2D eigenvalue weighted by atomic mass is 9.84. The molecule has 36 heavy (non-hydrogen) atoms. The highest BCUT2D eigenvalue weighted by atomic mass is 16.3. The molecule has 0 radical (unpaired) electrons. The number of hydrogen-bond acceptors (Lipinski definition) is 4. The fourth-order valence-corrected chi connectivity index (χ4v) is 6.32. The van der Waals surface area contributed by atoms with Gasteiger partial charge >= 0.3 is 0 Å². The normalized spacial score (nSPS) is 18.6. The highest BCUT2D eigenvalue weighted by Gasteiger charge is 2.28. The Labute approximate surface area is 214 Å². The molecule has 1 aromatic heterocycles. The van der Waals surface area contributed by atoms with Gasteiger partial charge in [0.1, 0.15) is 5.69 Å². The van der Waals surface area contributed by atoms with Crippen LogP contribution in [0.2, 0.25) is 0 Å². The van der Waals surface area contributed by atoms with E-state index in [1.807, 2.05) is 11.0 Å². The van der Waals surface area contributed by atoms with Crippen LogP contribution >= 0.6 is 0 Å². The molecule has 6 heteroatoms. The van der Waals surface area contributed by atoms with E-state index in [1.54, 1.807) is 0 Å². The number of carbonyl (C=O) groups is 1. The van der Waals surface area contributed by atoms with E-state index in [1.165, 1.54) is 16.7 Å². The number of piperidine rings is 1. The molecule has 0 bridgehead atoms. The van der Waals surface area contributed by atoms with Gasteiger partial charge in [0.15, 0.2) is 0 Å². The largest absolute Gasteiger partial charge is 0.395 e. The smallest absolute Gasteiger partial charge is 0.270 e. The second kappa shape index (κ2) is 11.2. The van der Waals surface area contributed by atoms with Gasteiger partial charge in [-0.05, 0) is 81.4 Å². The number of aromatic amines is 1. The van der Waals surface area contributed by atoms with Crippen LogP contribution in [0.3, 0.4) is 0 Å². The molecule has 3 heterocycles. The van der Waals surface area contributed by atoms with Crippen LogP contribution in [0, 0.1) is 13.8 Å². The number of nitrogens with zero attached hydrogens (tertiary/aromatic N) is 3. The van der Waals surface area contributed by atoms with Crippen LogP contribution in [0.25, 0.3) is 10.9 Å². The number of likely N-dealkylation sites (tertiary alicyclic amines) is 1. The van der Waals surface area contributed by atoms with Crippen molar-refractivity contribution in [3.05, 3.63) is 70.4 Å². The summed E-state index contributed by atoms with van der Waals surface area (Å²) in [5.74, 6) is 0.725. The van der Waals surface area contributed by atoms with Crippen molar-refractivity contribution in [1.82, 2.24) is 19.7 Å². The summed E-state index contributed by atoms with van der Waals surface area (Å²) in [6.07, 6.45) is 3.25. The number of nitrogens with one attached hydrogen (secondary N) is 1. The van der Waals surface area contributed by atoms with E-state index in [4.69, 9.17) is 0 Å². The summed E-state index contributed by atoms with van der Waals surface area (Å²) >= 11 is 0. The van der Waals surface area contributed by atoms with Gasteiger partial charge in [-0.2, -0.15) is 0 Å².